The first-order valence-electron chi connectivity index (χ1n) is 38.1. The van der Waals surface area contributed by atoms with Crippen molar-refractivity contribution in [2.75, 3.05) is 39.6 Å². The van der Waals surface area contributed by atoms with Crippen molar-refractivity contribution in [2.45, 2.75) is 329 Å². The molecule has 0 fully saturated rings. The van der Waals surface area contributed by atoms with Gasteiger partial charge in [-0.25, -0.2) is 9.13 Å². The second-order valence-corrected chi connectivity index (χ2v) is 28.1. The Morgan fingerprint density at radius 2 is 0.531 bits per heavy atom. The van der Waals surface area contributed by atoms with Gasteiger partial charge in [-0.15, -0.1) is 0 Å². The third-order valence-corrected chi connectivity index (χ3v) is 17.6. The summed E-state index contributed by atoms with van der Waals surface area (Å²) in [6, 6.07) is 0. The lowest BCUT2D eigenvalue weighted by Gasteiger charge is -2.21. The maximum atomic E-state index is 13.1. The van der Waals surface area contributed by atoms with E-state index in [-0.39, 0.29) is 25.7 Å². The Labute approximate surface area is 594 Å². The number of hydrogen-bond donors (Lipinski definition) is 3. The summed E-state index contributed by atoms with van der Waals surface area (Å²) in [5.41, 5.74) is 0. The molecule has 0 heterocycles. The quantitative estimate of drug-likeness (QED) is 0.0169. The van der Waals surface area contributed by atoms with Crippen LogP contribution in [0.5, 0.6) is 0 Å². The zero-order valence-electron chi connectivity index (χ0n) is 61.4. The highest BCUT2D eigenvalue weighted by Gasteiger charge is 2.30. The minimum Gasteiger partial charge on any atom is -0.462 e. The first-order valence-corrected chi connectivity index (χ1v) is 41.1. The summed E-state index contributed by atoms with van der Waals surface area (Å²) in [5.74, 6) is -2.25. The van der Waals surface area contributed by atoms with Crippen molar-refractivity contribution in [1.82, 2.24) is 0 Å². The lowest BCUT2D eigenvalue weighted by Crippen LogP contribution is -2.30. The molecule has 0 radical (unpaired) electrons. The number of phosphoric acid groups is 2. The minimum absolute atomic E-state index is 0.0355. The molecular formula is C79H136O17P2. The van der Waals surface area contributed by atoms with E-state index in [0.29, 0.717) is 32.1 Å². The van der Waals surface area contributed by atoms with E-state index >= 15 is 0 Å². The molecule has 3 N–H and O–H groups in total. The molecule has 0 saturated carbocycles. The summed E-state index contributed by atoms with van der Waals surface area (Å²) in [5, 5.41) is 10.6. The third-order valence-electron chi connectivity index (χ3n) is 15.7. The van der Waals surface area contributed by atoms with E-state index in [0.717, 1.165) is 148 Å². The molecule has 0 aliphatic rings. The third kappa shape index (κ3) is 70.2. The molecule has 564 valence electrons. The SMILES string of the molecule is CC/C=C\C/C=C\C/C=C\C/C=C\CCCCCCC(=O)OCC(COP(=O)(O)OCC(O)COP(=O)(O)OCC(COC(=O)CCCCCCC/C=C\CCCCCC)OC(=O)CCCCCCCCCCCCCCC)OC(=O)CCCC/C=C\C/C=C\C/C=C\C/C=C\CC. The number of ether oxygens (including phenoxy) is 4. The molecule has 0 bridgehead atoms. The molecule has 0 aliphatic heterocycles. The minimum atomic E-state index is -4.99. The molecule has 0 aromatic rings. The second kappa shape index (κ2) is 71.1. The van der Waals surface area contributed by atoms with Crippen molar-refractivity contribution < 1.29 is 80.2 Å². The molecular weight excluding hydrogens is 1280 g/mol. The summed E-state index contributed by atoms with van der Waals surface area (Å²) < 4.78 is 68.4. The summed E-state index contributed by atoms with van der Waals surface area (Å²) in [4.78, 5) is 72.8. The van der Waals surface area contributed by atoms with Crippen LogP contribution in [0.25, 0.3) is 0 Å². The number of unbranched alkanes of at least 4 members (excludes halogenated alkanes) is 27. The van der Waals surface area contributed by atoms with Crippen LogP contribution in [0.2, 0.25) is 0 Å². The Bertz CT molecular complexity index is 2290. The van der Waals surface area contributed by atoms with Crippen molar-refractivity contribution in [3.8, 4) is 0 Å². The molecule has 19 heteroatoms. The number of carbonyl (C=O) groups excluding carboxylic acids is 4. The molecule has 17 nitrogen and oxygen atoms in total. The highest BCUT2D eigenvalue weighted by Crippen LogP contribution is 2.45. The van der Waals surface area contributed by atoms with Gasteiger partial charge in [0.15, 0.2) is 12.2 Å². The number of rotatable bonds is 71. The predicted octanol–water partition coefficient (Wildman–Crippen LogP) is 21.8. The zero-order valence-corrected chi connectivity index (χ0v) is 63.2. The van der Waals surface area contributed by atoms with E-state index in [4.69, 9.17) is 37.0 Å². The maximum Gasteiger partial charge on any atom is 0.472 e. The molecule has 98 heavy (non-hydrogen) atoms. The zero-order chi connectivity index (χ0) is 71.8. The van der Waals surface area contributed by atoms with E-state index in [9.17, 15) is 43.2 Å². The molecule has 0 aromatic heterocycles. The van der Waals surface area contributed by atoms with Crippen LogP contribution in [-0.4, -0.2) is 96.7 Å². The van der Waals surface area contributed by atoms with Gasteiger partial charge in [-0.05, 0) is 128 Å². The fourth-order valence-corrected chi connectivity index (χ4v) is 11.5. The maximum absolute atomic E-state index is 13.1. The summed E-state index contributed by atoms with van der Waals surface area (Å²) >= 11 is 0. The molecule has 0 amide bonds. The number of aliphatic hydroxyl groups excluding tert-OH is 1. The predicted molar refractivity (Wildman–Crippen MR) is 399 cm³/mol. The normalized spacial score (nSPS) is 14.6. The van der Waals surface area contributed by atoms with Gasteiger partial charge in [0.05, 0.1) is 26.4 Å². The Morgan fingerprint density at radius 3 is 0.857 bits per heavy atom. The number of phosphoric ester groups is 2. The topological polar surface area (TPSA) is 237 Å². The van der Waals surface area contributed by atoms with Crippen molar-refractivity contribution in [1.29, 1.82) is 0 Å². The van der Waals surface area contributed by atoms with Gasteiger partial charge in [0.2, 0.25) is 0 Å². The van der Waals surface area contributed by atoms with Crippen molar-refractivity contribution in [3.05, 3.63) is 109 Å². The van der Waals surface area contributed by atoms with Gasteiger partial charge < -0.3 is 33.8 Å². The standard InChI is InChI=1S/C79H136O17P2/c1-5-9-13-17-21-25-29-33-35-36-38-41-44-48-52-56-60-64-77(82)90-70-75(96-79(84)66-62-58-54-50-46-42-37-34-30-26-22-18-14-10-6-2)72-94-98(87,88)92-68-73(80)67-91-97(85,86)93-71-74(95-78(83)65-61-57-53-49-45-40-32-28-24-20-16-12-8-4)69-89-76(81)63-59-55-51-47-43-39-31-27-23-19-15-11-7-3/h9-10,13-14,21-22,25-27,31,33-35,37-38,41,46,50,73-75,80H,5-8,11-12,15-20,23-24,28-30,32,36,39-40,42-45,47-49,51-72H2,1-4H3,(H,85,86)(H,87,88)/b13-9-,14-10-,25-21-,26-22-,31-27-,35-33-,37-34-,41-38-,50-46-. The molecule has 0 spiro atoms. The number of aliphatic hydroxyl groups is 1. The largest absolute Gasteiger partial charge is 0.472 e. The van der Waals surface area contributed by atoms with Gasteiger partial charge in [0.1, 0.15) is 19.3 Å². The van der Waals surface area contributed by atoms with Gasteiger partial charge in [0.25, 0.3) is 0 Å². The van der Waals surface area contributed by atoms with E-state index in [1.165, 1.54) is 77.0 Å². The number of carbonyl (C=O) groups is 4. The van der Waals surface area contributed by atoms with Crippen LogP contribution in [0.1, 0.15) is 310 Å². The smallest absolute Gasteiger partial charge is 0.462 e. The highest BCUT2D eigenvalue weighted by atomic mass is 31.2. The monoisotopic (exact) mass is 1420 g/mol. The van der Waals surface area contributed by atoms with Crippen LogP contribution < -0.4 is 0 Å². The summed E-state index contributed by atoms with van der Waals surface area (Å²) in [6.45, 7) is 4.56. The van der Waals surface area contributed by atoms with Gasteiger partial charge in [-0.2, -0.15) is 0 Å². The van der Waals surface area contributed by atoms with Crippen molar-refractivity contribution >= 4 is 39.5 Å². The lowest BCUT2D eigenvalue weighted by molar-refractivity contribution is -0.161. The number of esters is 4. The molecule has 0 saturated heterocycles. The average Bonchev–Trinajstić information content (AvgIpc) is 1.05. The number of allylic oxidation sites excluding steroid dienone is 18. The lowest BCUT2D eigenvalue weighted by atomic mass is 10.0. The van der Waals surface area contributed by atoms with E-state index in [1.807, 2.05) is 0 Å². The highest BCUT2D eigenvalue weighted by molar-refractivity contribution is 7.47. The van der Waals surface area contributed by atoms with E-state index in [2.05, 4.69) is 137 Å². The Morgan fingerprint density at radius 1 is 0.296 bits per heavy atom. The van der Waals surface area contributed by atoms with Crippen LogP contribution in [0.3, 0.4) is 0 Å². The first-order chi connectivity index (χ1) is 47.7. The van der Waals surface area contributed by atoms with Crippen LogP contribution in [0.4, 0.5) is 0 Å². The van der Waals surface area contributed by atoms with Crippen molar-refractivity contribution in [3.63, 3.8) is 0 Å². The molecule has 5 unspecified atom stereocenters. The van der Waals surface area contributed by atoms with E-state index in [1.54, 1.807) is 0 Å². The van der Waals surface area contributed by atoms with Crippen LogP contribution in [-0.2, 0) is 65.4 Å². The first kappa shape index (κ1) is 93.7. The summed E-state index contributed by atoms with van der Waals surface area (Å²) in [7, 11) is -9.97. The number of hydrogen-bond acceptors (Lipinski definition) is 15. The van der Waals surface area contributed by atoms with Crippen LogP contribution in [0, 0.1) is 0 Å². The summed E-state index contributed by atoms with van der Waals surface area (Å²) in [6.07, 6.45) is 75.1. The Balaban J connectivity index is 5.40. The van der Waals surface area contributed by atoms with E-state index < -0.39 is 97.5 Å². The Kier molecular flexibility index (Phi) is 68.0. The Hall–Kier alpha value is -4.28. The fourth-order valence-electron chi connectivity index (χ4n) is 9.96. The van der Waals surface area contributed by atoms with Gasteiger partial charge in [-0.1, -0.05) is 265 Å². The molecule has 0 aromatic carbocycles. The molecule has 0 aliphatic carbocycles. The van der Waals surface area contributed by atoms with Gasteiger partial charge >= 0.3 is 39.5 Å². The molecule has 0 rings (SSSR count). The van der Waals surface area contributed by atoms with Crippen LogP contribution >= 0.6 is 15.6 Å². The van der Waals surface area contributed by atoms with Crippen molar-refractivity contribution in [2.24, 2.45) is 0 Å². The average molecular weight is 1420 g/mol. The second-order valence-electron chi connectivity index (χ2n) is 25.2. The fraction of sp³-hybridized carbons (Fsp3) is 0.722. The molecule has 5 atom stereocenters. The van der Waals surface area contributed by atoms with Crippen LogP contribution in [0.15, 0.2) is 109 Å². The van der Waals surface area contributed by atoms with Gasteiger partial charge in [0, 0.05) is 25.7 Å². The van der Waals surface area contributed by atoms with Gasteiger partial charge in [-0.3, -0.25) is 37.3 Å².